The number of rotatable bonds is 8. The summed E-state index contributed by atoms with van der Waals surface area (Å²) in [5, 5.41) is 9.54. The van der Waals surface area contributed by atoms with Crippen LogP contribution in [-0.2, 0) is 30.3 Å². The molecule has 1 amide bonds. The van der Waals surface area contributed by atoms with Crippen LogP contribution in [-0.4, -0.2) is 67.9 Å². The van der Waals surface area contributed by atoms with Gasteiger partial charge in [-0.2, -0.15) is 10.1 Å². The lowest BCUT2D eigenvalue weighted by Crippen LogP contribution is -2.59. The highest BCUT2D eigenvalue weighted by atomic mass is 35.5. The third-order valence-electron chi connectivity index (χ3n) is 9.36. The summed E-state index contributed by atoms with van der Waals surface area (Å²) in [5.41, 5.74) is 1.72. The summed E-state index contributed by atoms with van der Waals surface area (Å²) in [6.07, 6.45) is 6.81. The van der Waals surface area contributed by atoms with Gasteiger partial charge in [-0.1, -0.05) is 37.3 Å². The van der Waals surface area contributed by atoms with Gasteiger partial charge in [0.2, 0.25) is 5.95 Å². The third-order valence-corrected chi connectivity index (χ3v) is 11.5. The van der Waals surface area contributed by atoms with E-state index in [2.05, 4.69) is 41.9 Å². The summed E-state index contributed by atoms with van der Waals surface area (Å²) in [4.78, 5) is 34.7. The number of hydrogen-bond acceptors (Lipinski definition) is 7. The second kappa shape index (κ2) is 12.0. The molecule has 0 radical (unpaired) electrons. The molecule has 13 heteroatoms. The topological polar surface area (TPSA) is 108 Å². The zero-order valence-electron chi connectivity index (χ0n) is 29.1. The van der Waals surface area contributed by atoms with Gasteiger partial charge in [0, 0.05) is 75.3 Å². The van der Waals surface area contributed by atoms with Gasteiger partial charge in [0.1, 0.15) is 12.3 Å². The Balaban J connectivity index is 1.39. The van der Waals surface area contributed by atoms with Crippen molar-refractivity contribution in [2.45, 2.75) is 109 Å². The normalized spacial score (nSPS) is 21.6. The first-order chi connectivity index (χ1) is 21.9. The van der Waals surface area contributed by atoms with E-state index in [-0.39, 0.29) is 24.4 Å². The van der Waals surface area contributed by atoms with Crippen LogP contribution in [0.4, 0.5) is 10.7 Å². The minimum atomic E-state index is -1.29. The molecule has 2 bridgehead atoms. The molecule has 3 aromatic heterocycles. The lowest BCUT2D eigenvalue weighted by atomic mass is 9.84. The number of fused-ring (bicyclic) bond motifs is 4. The quantitative estimate of drug-likeness (QED) is 0.164. The van der Waals surface area contributed by atoms with E-state index in [4.69, 9.17) is 26.1 Å². The van der Waals surface area contributed by atoms with Gasteiger partial charge in [-0.15, -0.1) is 0 Å². The summed E-state index contributed by atoms with van der Waals surface area (Å²) in [7, 11) is 2.38. The molecule has 0 spiro atoms. The van der Waals surface area contributed by atoms with Crippen molar-refractivity contribution in [2.24, 2.45) is 14.1 Å². The van der Waals surface area contributed by atoms with Gasteiger partial charge in [0.25, 0.3) is 5.56 Å². The van der Waals surface area contributed by atoms with E-state index in [9.17, 15) is 9.59 Å². The van der Waals surface area contributed by atoms with E-state index >= 15 is 0 Å². The number of anilines is 1. The molecule has 1 unspecified atom stereocenters. The molecule has 4 aromatic rings. The number of aryl methyl sites for hydroxylation is 1. The van der Waals surface area contributed by atoms with Crippen LogP contribution in [0.2, 0.25) is 30.7 Å². The van der Waals surface area contributed by atoms with Crippen LogP contribution in [0.1, 0.15) is 53.4 Å². The Morgan fingerprint density at radius 1 is 1.11 bits per heavy atom. The van der Waals surface area contributed by atoms with Crippen molar-refractivity contribution in [3.8, 4) is 11.1 Å². The SMILES string of the molecule is Cn1cc2c(Cl)c(-c3cn(COCC[Si](C)(C)C)c4nc(N5[C@@H]6CC[C@H]5CC(C)(NC(=O)OC(C)(C)C)C6)n(C)c(=O)c34)ccc2n1. The first-order valence-electron chi connectivity index (χ1n) is 16.5. The van der Waals surface area contributed by atoms with Crippen LogP contribution in [0.3, 0.4) is 0 Å². The number of nitrogens with zero attached hydrogens (tertiary/aromatic N) is 6. The van der Waals surface area contributed by atoms with Crippen molar-refractivity contribution in [3.63, 3.8) is 0 Å². The van der Waals surface area contributed by atoms with Crippen molar-refractivity contribution in [2.75, 3.05) is 11.5 Å². The Labute approximate surface area is 282 Å². The highest BCUT2D eigenvalue weighted by Crippen LogP contribution is 2.44. The van der Waals surface area contributed by atoms with E-state index in [0.717, 1.165) is 53.8 Å². The number of piperidine rings is 1. The monoisotopic (exact) mass is 681 g/mol. The number of benzene rings is 1. The van der Waals surface area contributed by atoms with Gasteiger partial charge < -0.3 is 24.3 Å². The summed E-state index contributed by atoms with van der Waals surface area (Å²) < 4.78 is 17.2. The number of carbonyl (C=O) groups excluding carboxylic acids is 1. The average molecular weight is 682 g/mol. The van der Waals surface area contributed by atoms with Crippen molar-refractivity contribution in [1.29, 1.82) is 0 Å². The molecule has 11 nitrogen and oxygen atoms in total. The van der Waals surface area contributed by atoms with Crippen LogP contribution in [0.5, 0.6) is 0 Å². The van der Waals surface area contributed by atoms with E-state index in [1.807, 2.05) is 56.9 Å². The molecule has 1 N–H and O–H groups in total. The summed E-state index contributed by atoms with van der Waals surface area (Å²) in [5.74, 6) is 0.635. The molecule has 3 atom stereocenters. The maximum atomic E-state index is 14.4. The maximum absolute atomic E-state index is 14.4. The van der Waals surface area contributed by atoms with Crippen LogP contribution in [0.15, 0.2) is 29.3 Å². The number of halogens is 1. The molecule has 1 aromatic carbocycles. The van der Waals surface area contributed by atoms with Crippen LogP contribution >= 0.6 is 11.6 Å². The van der Waals surface area contributed by atoms with E-state index < -0.39 is 25.3 Å². The number of alkyl carbamates (subject to hydrolysis) is 1. The fourth-order valence-corrected chi connectivity index (χ4v) is 8.30. The average Bonchev–Trinajstić information content (AvgIpc) is 3.58. The van der Waals surface area contributed by atoms with Crippen LogP contribution < -0.4 is 15.8 Å². The molecule has 6 rings (SSSR count). The van der Waals surface area contributed by atoms with E-state index in [0.29, 0.717) is 28.6 Å². The minimum absolute atomic E-state index is 0.113. The Bertz CT molecular complexity index is 1890. The smallest absolute Gasteiger partial charge is 0.408 e. The van der Waals surface area contributed by atoms with Crippen molar-refractivity contribution >= 4 is 53.7 Å². The molecule has 2 fully saturated rings. The predicted molar refractivity (Wildman–Crippen MR) is 190 cm³/mol. The Morgan fingerprint density at radius 3 is 2.43 bits per heavy atom. The molecule has 47 heavy (non-hydrogen) atoms. The molecular weight excluding hydrogens is 634 g/mol. The molecule has 0 saturated carbocycles. The highest BCUT2D eigenvalue weighted by Gasteiger charge is 2.48. The molecule has 2 aliphatic heterocycles. The molecule has 0 aliphatic carbocycles. The largest absolute Gasteiger partial charge is 0.444 e. The van der Waals surface area contributed by atoms with E-state index in [1.54, 1.807) is 16.3 Å². The fraction of sp³-hybridized carbons (Fsp3) is 0.588. The third kappa shape index (κ3) is 6.69. The van der Waals surface area contributed by atoms with Gasteiger partial charge in [-0.05, 0) is 65.5 Å². The zero-order chi connectivity index (χ0) is 34.1. The Hall–Kier alpha value is -3.35. The number of carbonyl (C=O) groups is 1. The summed E-state index contributed by atoms with van der Waals surface area (Å²) in [6, 6.07) is 5.13. The zero-order valence-corrected chi connectivity index (χ0v) is 30.9. The lowest BCUT2D eigenvalue weighted by molar-refractivity contribution is 0.0437. The Morgan fingerprint density at radius 2 is 1.79 bits per heavy atom. The first kappa shape index (κ1) is 33.5. The number of hydrogen-bond donors (Lipinski definition) is 1. The van der Waals surface area contributed by atoms with Gasteiger partial charge in [-0.25, -0.2) is 4.79 Å². The minimum Gasteiger partial charge on any atom is -0.444 e. The van der Waals surface area contributed by atoms with Gasteiger partial charge in [0.15, 0.2) is 5.65 Å². The highest BCUT2D eigenvalue weighted by molar-refractivity contribution is 6.76. The molecule has 2 aliphatic rings. The van der Waals surface area contributed by atoms with Gasteiger partial charge in [0.05, 0.1) is 15.9 Å². The number of aromatic nitrogens is 5. The molecule has 2 saturated heterocycles. The first-order valence-corrected chi connectivity index (χ1v) is 20.6. The number of ether oxygens (including phenoxy) is 2. The maximum Gasteiger partial charge on any atom is 0.408 e. The van der Waals surface area contributed by atoms with Crippen molar-refractivity contribution in [1.82, 2.24) is 29.2 Å². The molecule has 5 heterocycles. The number of amides is 1. The van der Waals surface area contributed by atoms with Crippen LogP contribution in [0, 0.1) is 0 Å². The second-order valence-corrected chi connectivity index (χ2v) is 21.9. The molecular formula is C34H48ClN7O4Si. The van der Waals surface area contributed by atoms with Crippen LogP contribution in [0.25, 0.3) is 33.1 Å². The summed E-state index contributed by atoms with van der Waals surface area (Å²) >= 11 is 7.00. The van der Waals surface area contributed by atoms with Gasteiger partial charge >= 0.3 is 6.09 Å². The molecule has 254 valence electrons. The predicted octanol–water partition coefficient (Wildman–Crippen LogP) is 6.67. The number of nitrogens with one attached hydrogen (secondary N) is 1. The standard InChI is InChI=1S/C34H48ClN7O4Si/c1-33(2,3)46-32(44)37-34(4)16-21-10-11-22(17-34)42(21)31-36-29-27(30(43)40(31)6)24(19-41(29)20-45-14-15-47(7,8)9)23-12-13-26-25(28(23)35)18-39(5)38-26/h12-13,18-19,21-22H,10-11,14-17,20H2,1-9H3,(H,37,44)/t21-,22+,34?. The summed E-state index contributed by atoms with van der Waals surface area (Å²) in [6.45, 7) is 15.6. The van der Waals surface area contributed by atoms with Gasteiger partial charge in [-0.3, -0.25) is 14.0 Å². The fourth-order valence-electron chi connectivity index (χ4n) is 7.23. The Kier molecular flexibility index (Phi) is 8.54. The van der Waals surface area contributed by atoms with Crippen molar-refractivity contribution in [3.05, 3.63) is 39.9 Å². The second-order valence-electron chi connectivity index (χ2n) is 15.9. The van der Waals surface area contributed by atoms with Crippen molar-refractivity contribution < 1.29 is 14.3 Å². The lowest BCUT2D eigenvalue weighted by Gasteiger charge is -2.45. The van der Waals surface area contributed by atoms with E-state index in [1.165, 1.54) is 0 Å².